The molecule has 1 aromatic carbocycles. The number of rotatable bonds is 2. The summed E-state index contributed by atoms with van der Waals surface area (Å²) in [4.78, 5) is 2.21. The quantitative estimate of drug-likeness (QED) is 0.910. The number of ether oxygens (including phenoxy) is 1. The molecule has 2 fully saturated rings. The van der Waals surface area contributed by atoms with Crippen LogP contribution in [0.25, 0.3) is 0 Å². The first kappa shape index (κ1) is 15.8. The van der Waals surface area contributed by atoms with Gasteiger partial charge in [-0.15, -0.1) is 0 Å². The number of morpholine rings is 1. The maximum atomic E-state index is 12.8. The lowest BCUT2D eigenvalue weighted by atomic mass is 9.78. The van der Waals surface area contributed by atoms with Crippen LogP contribution < -0.4 is 0 Å². The van der Waals surface area contributed by atoms with Gasteiger partial charge in [0.2, 0.25) is 0 Å². The van der Waals surface area contributed by atoms with Gasteiger partial charge in [-0.2, -0.15) is 13.2 Å². The van der Waals surface area contributed by atoms with Crippen molar-refractivity contribution in [2.45, 2.75) is 43.1 Å². The van der Waals surface area contributed by atoms with Crippen molar-refractivity contribution in [2.75, 3.05) is 20.3 Å². The van der Waals surface area contributed by atoms with Crippen molar-refractivity contribution in [1.29, 1.82) is 0 Å². The molecule has 1 N–H and O–H groups in total. The zero-order chi connectivity index (χ0) is 16.0. The summed E-state index contributed by atoms with van der Waals surface area (Å²) < 4.78 is 43.9. The molecule has 6 heteroatoms. The van der Waals surface area contributed by atoms with E-state index in [1.807, 2.05) is 7.05 Å². The van der Waals surface area contributed by atoms with Crippen molar-refractivity contribution in [1.82, 2.24) is 4.90 Å². The first-order valence-electron chi connectivity index (χ1n) is 7.45. The number of aliphatic hydroxyl groups is 1. The Labute approximate surface area is 127 Å². The third kappa shape index (κ3) is 3.14. The van der Waals surface area contributed by atoms with Gasteiger partial charge in [0.1, 0.15) is 0 Å². The molecular formula is C16H20F3NO2. The maximum absolute atomic E-state index is 12.8. The molecule has 3 nitrogen and oxygen atoms in total. The van der Waals surface area contributed by atoms with Crippen molar-refractivity contribution in [3.63, 3.8) is 0 Å². The number of alkyl halides is 3. The number of hydrogen-bond acceptors (Lipinski definition) is 3. The normalized spacial score (nSPS) is 33.0. The molecule has 0 aliphatic carbocycles. The van der Waals surface area contributed by atoms with Gasteiger partial charge in [-0.3, -0.25) is 4.90 Å². The van der Waals surface area contributed by atoms with Crippen LogP contribution in [0.4, 0.5) is 13.2 Å². The second kappa shape index (κ2) is 5.51. The number of likely N-dealkylation sites (N-methyl/N-ethyl adjacent to an activating group) is 1. The van der Waals surface area contributed by atoms with E-state index in [4.69, 9.17) is 4.74 Å². The zero-order valence-corrected chi connectivity index (χ0v) is 12.4. The Kier molecular flexibility index (Phi) is 3.95. The van der Waals surface area contributed by atoms with Gasteiger partial charge in [0.25, 0.3) is 0 Å². The molecule has 122 valence electrons. The third-order valence-corrected chi connectivity index (χ3v) is 4.79. The minimum atomic E-state index is -4.35. The molecular weight excluding hydrogens is 295 g/mol. The van der Waals surface area contributed by atoms with E-state index in [1.165, 1.54) is 6.07 Å². The van der Waals surface area contributed by atoms with Gasteiger partial charge in [0.05, 0.1) is 24.4 Å². The van der Waals surface area contributed by atoms with Crippen LogP contribution in [0.3, 0.4) is 0 Å². The molecule has 2 heterocycles. The fourth-order valence-corrected chi connectivity index (χ4v) is 3.62. The topological polar surface area (TPSA) is 32.7 Å². The monoisotopic (exact) mass is 315 g/mol. The van der Waals surface area contributed by atoms with Crippen LogP contribution in [0.2, 0.25) is 0 Å². The summed E-state index contributed by atoms with van der Waals surface area (Å²) in [6.07, 6.45) is -3.06. The molecule has 3 rings (SSSR count). The molecule has 1 aromatic rings. The second-order valence-corrected chi connectivity index (χ2v) is 6.52. The number of nitrogens with zero attached hydrogens (tertiary/aromatic N) is 1. The average Bonchev–Trinajstić information content (AvgIpc) is 2.40. The Morgan fingerprint density at radius 3 is 2.50 bits per heavy atom. The van der Waals surface area contributed by atoms with Crippen LogP contribution >= 0.6 is 0 Å². The fourth-order valence-electron chi connectivity index (χ4n) is 3.62. The lowest BCUT2D eigenvalue weighted by molar-refractivity contribution is -0.138. The molecule has 2 unspecified atom stereocenters. The smallest absolute Gasteiger partial charge is 0.389 e. The summed E-state index contributed by atoms with van der Waals surface area (Å²) >= 11 is 0. The molecule has 22 heavy (non-hydrogen) atoms. The molecule has 0 amide bonds. The number of benzene rings is 1. The summed E-state index contributed by atoms with van der Waals surface area (Å²) in [5, 5.41) is 10.9. The Balaban J connectivity index is 1.78. The molecule has 2 saturated heterocycles. The highest BCUT2D eigenvalue weighted by Crippen LogP contribution is 2.36. The lowest BCUT2D eigenvalue weighted by Gasteiger charge is -2.50. The van der Waals surface area contributed by atoms with Crippen LogP contribution in [0.5, 0.6) is 0 Å². The number of piperidine rings is 1. The highest BCUT2D eigenvalue weighted by molar-refractivity contribution is 5.27. The van der Waals surface area contributed by atoms with E-state index in [2.05, 4.69) is 4.90 Å². The van der Waals surface area contributed by atoms with Gasteiger partial charge in [-0.05, 0) is 31.5 Å². The van der Waals surface area contributed by atoms with Crippen molar-refractivity contribution in [2.24, 2.45) is 0 Å². The van der Waals surface area contributed by atoms with E-state index in [0.717, 1.165) is 12.1 Å². The second-order valence-electron chi connectivity index (χ2n) is 6.52. The molecule has 0 aromatic heterocycles. The Morgan fingerprint density at radius 2 is 1.91 bits per heavy atom. The van der Waals surface area contributed by atoms with Crippen molar-refractivity contribution in [3.05, 3.63) is 35.4 Å². The summed E-state index contributed by atoms with van der Waals surface area (Å²) in [7, 11) is 2.02. The predicted octanol–water partition coefficient (Wildman–Crippen LogP) is 2.47. The number of halogens is 3. The SMILES string of the molecule is CN1C2COCC1CC(O)(Cc1cccc(C(F)(F)F)c1)C2. The number of fused-ring (bicyclic) bond motifs is 2. The van der Waals surface area contributed by atoms with Gasteiger partial charge < -0.3 is 9.84 Å². The van der Waals surface area contributed by atoms with Gasteiger partial charge >= 0.3 is 6.18 Å². The summed E-state index contributed by atoms with van der Waals surface area (Å²) in [5.74, 6) is 0. The molecule has 2 aliphatic heterocycles. The van der Waals surface area contributed by atoms with Gasteiger partial charge in [-0.1, -0.05) is 18.2 Å². The Bertz CT molecular complexity index is 532. The van der Waals surface area contributed by atoms with Crippen LogP contribution in [0.15, 0.2) is 24.3 Å². The standard InChI is InChI=1S/C16H20F3NO2/c1-20-13-7-15(21,8-14(20)10-22-9-13)6-11-3-2-4-12(5-11)16(17,18)19/h2-5,13-14,21H,6-10H2,1H3. The van der Waals surface area contributed by atoms with E-state index in [-0.39, 0.29) is 18.5 Å². The van der Waals surface area contributed by atoms with Gasteiger partial charge in [0, 0.05) is 18.5 Å². The summed E-state index contributed by atoms with van der Waals surface area (Å²) in [6.45, 7) is 1.13. The van der Waals surface area contributed by atoms with Crippen LogP contribution in [-0.2, 0) is 17.3 Å². The average molecular weight is 315 g/mol. The van der Waals surface area contributed by atoms with E-state index in [9.17, 15) is 18.3 Å². The zero-order valence-electron chi connectivity index (χ0n) is 12.4. The molecule has 0 spiro atoms. The molecule has 0 radical (unpaired) electrons. The van der Waals surface area contributed by atoms with Crippen LogP contribution in [0.1, 0.15) is 24.0 Å². The van der Waals surface area contributed by atoms with Crippen LogP contribution in [-0.4, -0.2) is 48.0 Å². The molecule has 2 bridgehead atoms. The highest BCUT2D eigenvalue weighted by atomic mass is 19.4. The van der Waals surface area contributed by atoms with Crippen molar-refractivity contribution >= 4 is 0 Å². The first-order valence-corrected chi connectivity index (χ1v) is 7.45. The van der Waals surface area contributed by atoms with Crippen molar-refractivity contribution in [3.8, 4) is 0 Å². The summed E-state index contributed by atoms with van der Waals surface area (Å²) in [6, 6.07) is 5.51. The minimum Gasteiger partial charge on any atom is -0.389 e. The maximum Gasteiger partial charge on any atom is 0.416 e. The Hall–Kier alpha value is -1.11. The third-order valence-electron chi connectivity index (χ3n) is 4.79. The minimum absolute atomic E-state index is 0.128. The van der Waals surface area contributed by atoms with E-state index < -0.39 is 17.3 Å². The summed E-state index contributed by atoms with van der Waals surface area (Å²) in [5.41, 5.74) is -1.10. The fraction of sp³-hybridized carbons (Fsp3) is 0.625. The predicted molar refractivity (Wildman–Crippen MR) is 75.5 cm³/mol. The van der Waals surface area contributed by atoms with Gasteiger partial charge in [-0.25, -0.2) is 0 Å². The molecule has 2 atom stereocenters. The van der Waals surface area contributed by atoms with E-state index >= 15 is 0 Å². The molecule has 2 aliphatic rings. The number of hydrogen-bond donors (Lipinski definition) is 1. The van der Waals surface area contributed by atoms with E-state index in [1.54, 1.807) is 6.07 Å². The van der Waals surface area contributed by atoms with E-state index in [0.29, 0.717) is 31.6 Å². The first-order chi connectivity index (χ1) is 10.3. The van der Waals surface area contributed by atoms with Crippen molar-refractivity contribution < 1.29 is 23.0 Å². The highest BCUT2D eigenvalue weighted by Gasteiger charge is 2.44. The van der Waals surface area contributed by atoms with Gasteiger partial charge in [0.15, 0.2) is 0 Å². The molecule has 0 saturated carbocycles. The Morgan fingerprint density at radius 1 is 1.27 bits per heavy atom. The van der Waals surface area contributed by atoms with Crippen LogP contribution in [0, 0.1) is 0 Å². The lowest BCUT2D eigenvalue weighted by Crippen LogP contribution is -2.60. The largest absolute Gasteiger partial charge is 0.416 e.